The smallest absolute Gasteiger partial charge is 0.242 e. The summed E-state index contributed by atoms with van der Waals surface area (Å²) in [5.41, 5.74) is 1.02. The zero-order valence-corrected chi connectivity index (χ0v) is 21.6. The van der Waals surface area contributed by atoms with Crippen molar-refractivity contribution >= 4 is 62.3 Å². The van der Waals surface area contributed by atoms with E-state index in [2.05, 4.69) is 5.32 Å². The third-order valence-corrected chi connectivity index (χ3v) is 6.95. The fourth-order valence-electron chi connectivity index (χ4n) is 3.28. The van der Waals surface area contributed by atoms with Crippen LogP contribution >= 0.6 is 34.8 Å². The van der Waals surface area contributed by atoms with Crippen molar-refractivity contribution in [2.75, 3.05) is 24.2 Å². The maximum Gasteiger partial charge on any atom is 0.242 e. The zero-order chi connectivity index (χ0) is 24.8. The number of anilines is 1. The Morgan fingerprint density at radius 1 is 1.06 bits per heavy atom. The van der Waals surface area contributed by atoms with Gasteiger partial charge in [-0.05, 0) is 49.2 Å². The number of benzene rings is 2. The SMILES string of the molecule is CNC(=O)[C@H](C)N(Cc1cccc(Cl)c1)C(=O)CCCN(c1cc(Cl)ccc1Cl)S(C)(=O)=O. The number of nitrogens with zero attached hydrogens (tertiary/aromatic N) is 2. The van der Waals surface area contributed by atoms with Crippen LogP contribution in [0.2, 0.25) is 15.1 Å². The molecule has 33 heavy (non-hydrogen) atoms. The number of hydrogen-bond acceptors (Lipinski definition) is 4. The molecule has 180 valence electrons. The molecule has 0 unspecified atom stereocenters. The molecule has 0 aliphatic carbocycles. The number of amides is 2. The van der Waals surface area contributed by atoms with E-state index >= 15 is 0 Å². The number of carbonyl (C=O) groups excluding carboxylic acids is 2. The van der Waals surface area contributed by atoms with Crippen molar-refractivity contribution in [1.29, 1.82) is 0 Å². The minimum absolute atomic E-state index is 0.0179. The summed E-state index contributed by atoms with van der Waals surface area (Å²) >= 11 is 18.3. The highest BCUT2D eigenvalue weighted by molar-refractivity contribution is 7.92. The van der Waals surface area contributed by atoms with Crippen LogP contribution in [0, 0.1) is 0 Å². The van der Waals surface area contributed by atoms with E-state index in [4.69, 9.17) is 34.8 Å². The number of halogens is 3. The standard InChI is InChI=1S/C22H26Cl3N3O4S/c1-15(22(30)26-2)27(14-16-6-4-7-17(23)12-16)21(29)8-5-11-28(33(3,31)32)20-13-18(24)9-10-19(20)25/h4,6-7,9-10,12-13,15H,5,8,11,14H2,1-3H3,(H,26,30)/t15-/m0/s1. The van der Waals surface area contributed by atoms with Crippen LogP contribution in [-0.4, -0.2) is 51.0 Å². The van der Waals surface area contributed by atoms with Gasteiger partial charge in [0.15, 0.2) is 0 Å². The van der Waals surface area contributed by atoms with Crippen LogP contribution < -0.4 is 9.62 Å². The van der Waals surface area contributed by atoms with Gasteiger partial charge in [0.2, 0.25) is 21.8 Å². The lowest BCUT2D eigenvalue weighted by atomic mass is 10.1. The predicted octanol–water partition coefficient (Wildman–Crippen LogP) is 4.36. The Labute approximate surface area is 209 Å². The van der Waals surface area contributed by atoms with E-state index in [1.165, 1.54) is 24.1 Å². The summed E-state index contributed by atoms with van der Waals surface area (Å²) < 4.78 is 25.9. The fourth-order valence-corrected chi connectivity index (χ4v) is 4.90. The van der Waals surface area contributed by atoms with Crippen molar-refractivity contribution < 1.29 is 18.0 Å². The van der Waals surface area contributed by atoms with Crippen molar-refractivity contribution in [3.8, 4) is 0 Å². The molecule has 2 aromatic carbocycles. The van der Waals surface area contributed by atoms with Crippen molar-refractivity contribution in [2.45, 2.75) is 32.4 Å². The second-order valence-corrected chi connectivity index (χ2v) is 10.7. The summed E-state index contributed by atoms with van der Waals surface area (Å²) in [6.07, 6.45) is 1.29. The third-order valence-electron chi connectivity index (χ3n) is 4.98. The van der Waals surface area contributed by atoms with E-state index in [0.29, 0.717) is 10.0 Å². The van der Waals surface area contributed by atoms with Gasteiger partial charge in [0.1, 0.15) is 6.04 Å². The first-order valence-corrected chi connectivity index (χ1v) is 13.1. The molecule has 7 nitrogen and oxygen atoms in total. The Kier molecular flexibility index (Phi) is 9.84. The van der Waals surface area contributed by atoms with Gasteiger partial charge in [-0.3, -0.25) is 13.9 Å². The van der Waals surface area contributed by atoms with Crippen LogP contribution in [0.3, 0.4) is 0 Å². The molecule has 2 aromatic rings. The zero-order valence-electron chi connectivity index (χ0n) is 18.5. The van der Waals surface area contributed by atoms with Gasteiger partial charge in [-0.1, -0.05) is 46.9 Å². The fraction of sp³-hybridized carbons (Fsp3) is 0.364. The molecule has 0 spiro atoms. The molecular weight excluding hydrogens is 509 g/mol. The van der Waals surface area contributed by atoms with E-state index in [0.717, 1.165) is 16.1 Å². The van der Waals surface area contributed by atoms with E-state index in [1.54, 1.807) is 31.2 Å². The monoisotopic (exact) mass is 533 g/mol. The summed E-state index contributed by atoms with van der Waals surface area (Å²) in [5, 5.41) is 3.64. The van der Waals surface area contributed by atoms with Gasteiger partial charge in [-0.15, -0.1) is 0 Å². The van der Waals surface area contributed by atoms with Gasteiger partial charge in [0, 0.05) is 36.6 Å². The van der Waals surface area contributed by atoms with Gasteiger partial charge in [0.05, 0.1) is 17.0 Å². The Morgan fingerprint density at radius 2 is 1.73 bits per heavy atom. The van der Waals surface area contributed by atoms with E-state index in [-0.39, 0.29) is 48.5 Å². The molecule has 0 bridgehead atoms. The molecular formula is C22H26Cl3N3O4S. The van der Waals surface area contributed by atoms with Gasteiger partial charge in [0.25, 0.3) is 0 Å². The molecule has 1 N–H and O–H groups in total. The van der Waals surface area contributed by atoms with Gasteiger partial charge < -0.3 is 10.2 Å². The van der Waals surface area contributed by atoms with Gasteiger partial charge in [-0.2, -0.15) is 0 Å². The topological polar surface area (TPSA) is 86.8 Å². The molecule has 0 saturated carbocycles. The maximum absolute atomic E-state index is 13.1. The molecule has 0 aromatic heterocycles. The molecule has 0 aliphatic rings. The highest BCUT2D eigenvalue weighted by Crippen LogP contribution is 2.31. The molecule has 0 aliphatic heterocycles. The second-order valence-electron chi connectivity index (χ2n) is 7.48. The first-order valence-electron chi connectivity index (χ1n) is 10.1. The Bertz CT molecular complexity index is 1110. The molecule has 0 radical (unpaired) electrons. The lowest BCUT2D eigenvalue weighted by Gasteiger charge is -2.29. The molecule has 0 fully saturated rings. The molecule has 11 heteroatoms. The summed E-state index contributed by atoms with van der Waals surface area (Å²) in [6, 6.07) is 10.8. The Hall–Kier alpha value is -2.00. The number of sulfonamides is 1. The van der Waals surface area contributed by atoms with Crippen LogP contribution in [-0.2, 0) is 26.2 Å². The highest BCUT2D eigenvalue weighted by Gasteiger charge is 2.26. The number of hydrogen-bond donors (Lipinski definition) is 1. The first-order chi connectivity index (χ1) is 15.4. The Balaban J connectivity index is 2.18. The molecule has 1 atom stereocenters. The minimum atomic E-state index is -3.68. The lowest BCUT2D eigenvalue weighted by Crippen LogP contribution is -2.46. The number of likely N-dealkylation sites (N-methyl/N-ethyl adjacent to an activating group) is 1. The first kappa shape index (κ1) is 27.2. The van der Waals surface area contributed by atoms with Crippen molar-refractivity contribution in [3.63, 3.8) is 0 Å². The number of nitrogens with one attached hydrogen (secondary N) is 1. The molecule has 2 amide bonds. The van der Waals surface area contributed by atoms with Gasteiger partial charge >= 0.3 is 0 Å². The average Bonchev–Trinajstić information content (AvgIpc) is 2.75. The second kappa shape index (κ2) is 11.9. The number of rotatable bonds is 10. The Morgan fingerprint density at radius 3 is 2.33 bits per heavy atom. The summed E-state index contributed by atoms with van der Waals surface area (Å²) in [7, 11) is -2.18. The molecule has 0 saturated heterocycles. The van der Waals surface area contributed by atoms with Crippen LogP contribution in [0.15, 0.2) is 42.5 Å². The van der Waals surface area contributed by atoms with Gasteiger partial charge in [-0.25, -0.2) is 8.42 Å². The largest absolute Gasteiger partial charge is 0.357 e. The van der Waals surface area contributed by atoms with E-state index < -0.39 is 16.1 Å². The quantitative estimate of drug-likeness (QED) is 0.491. The summed E-state index contributed by atoms with van der Waals surface area (Å²) in [5.74, 6) is -0.606. The van der Waals surface area contributed by atoms with Crippen LogP contribution in [0.1, 0.15) is 25.3 Å². The predicted molar refractivity (Wildman–Crippen MR) is 133 cm³/mol. The van der Waals surface area contributed by atoms with E-state index in [1.807, 2.05) is 6.07 Å². The van der Waals surface area contributed by atoms with Crippen molar-refractivity contribution in [1.82, 2.24) is 10.2 Å². The van der Waals surface area contributed by atoms with Crippen molar-refractivity contribution in [3.05, 3.63) is 63.1 Å². The van der Waals surface area contributed by atoms with Crippen LogP contribution in [0.5, 0.6) is 0 Å². The van der Waals surface area contributed by atoms with Crippen LogP contribution in [0.4, 0.5) is 5.69 Å². The molecule has 0 heterocycles. The summed E-state index contributed by atoms with van der Waals surface area (Å²) in [6.45, 7) is 1.84. The molecule has 2 rings (SSSR count). The van der Waals surface area contributed by atoms with Crippen molar-refractivity contribution in [2.24, 2.45) is 0 Å². The average molecular weight is 535 g/mol. The van der Waals surface area contributed by atoms with Crippen LogP contribution in [0.25, 0.3) is 0 Å². The lowest BCUT2D eigenvalue weighted by molar-refractivity contribution is -0.140. The number of carbonyl (C=O) groups is 2. The normalized spacial score (nSPS) is 12.2. The minimum Gasteiger partial charge on any atom is -0.357 e. The van der Waals surface area contributed by atoms with E-state index in [9.17, 15) is 18.0 Å². The summed E-state index contributed by atoms with van der Waals surface area (Å²) in [4.78, 5) is 26.8. The highest BCUT2D eigenvalue weighted by atomic mass is 35.5. The third kappa shape index (κ3) is 7.78. The maximum atomic E-state index is 13.1.